The largest absolute Gasteiger partial charge is 0.481 e. The zero-order chi connectivity index (χ0) is 13.9. The predicted molar refractivity (Wildman–Crippen MR) is 65.8 cm³/mol. The monoisotopic (exact) mass is 265 g/mol. The smallest absolute Gasteiger partial charge is 0.358 e. The van der Waals surface area contributed by atoms with Gasteiger partial charge in [0.05, 0.1) is 12.5 Å². The van der Waals surface area contributed by atoms with E-state index in [4.69, 9.17) is 0 Å². The standard InChI is InChI=1S/C12H15N3O4/c1-19-10(16)8-3-4-9(15-14-8)13-7-12(11(17)18)5-2-6-12/h3-4H,2,5-7H2,1H3,(H,13,15)(H,17,18). The Morgan fingerprint density at radius 2 is 2.16 bits per heavy atom. The summed E-state index contributed by atoms with van der Waals surface area (Å²) in [5.74, 6) is -0.898. The summed E-state index contributed by atoms with van der Waals surface area (Å²) < 4.78 is 4.51. The molecule has 1 aromatic heterocycles. The van der Waals surface area contributed by atoms with Crippen LogP contribution in [-0.2, 0) is 9.53 Å². The van der Waals surface area contributed by atoms with E-state index in [1.165, 1.54) is 13.2 Å². The van der Waals surface area contributed by atoms with Gasteiger partial charge in [-0.1, -0.05) is 6.42 Å². The van der Waals surface area contributed by atoms with Crippen LogP contribution in [0.4, 0.5) is 5.82 Å². The maximum Gasteiger partial charge on any atom is 0.358 e. The minimum Gasteiger partial charge on any atom is -0.481 e. The van der Waals surface area contributed by atoms with Gasteiger partial charge in [0.25, 0.3) is 0 Å². The van der Waals surface area contributed by atoms with Crippen molar-refractivity contribution in [1.29, 1.82) is 0 Å². The number of nitrogens with one attached hydrogen (secondary N) is 1. The number of carboxylic acid groups (broad SMARTS) is 1. The van der Waals surface area contributed by atoms with E-state index in [1.54, 1.807) is 6.07 Å². The van der Waals surface area contributed by atoms with Gasteiger partial charge in [0.2, 0.25) is 0 Å². The van der Waals surface area contributed by atoms with E-state index in [2.05, 4.69) is 20.3 Å². The molecule has 2 N–H and O–H groups in total. The van der Waals surface area contributed by atoms with Crippen molar-refractivity contribution < 1.29 is 19.4 Å². The van der Waals surface area contributed by atoms with E-state index < -0.39 is 17.4 Å². The Labute approximate surface area is 110 Å². The highest BCUT2D eigenvalue weighted by Gasteiger charge is 2.44. The van der Waals surface area contributed by atoms with Crippen LogP contribution in [0.5, 0.6) is 0 Å². The number of aromatic nitrogens is 2. The minimum atomic E-state index is -0.787. The number of carbonyl (C=O) groups is 2. The highest BCUT2D eigenvalue weighted by Crippen LogP contribution is 2.41. The summed E-state index contributed by atoms with van der Waals surface area (Å²) in [6.45, 7) is 0.314. The molecule has 0 amide bonds. The molecule has 2 rings (SSSR count). The van der Waals surface area contributed by atoms with Crippen molar-refractivity contribution in [3.05, 3.63) is 17.8 Å². The summed E-state index contributed by atoms with van der Waals surface area (Å²) in [5.41, 5.74) is -0.576. The lowest BCUT2D eigenvalue weighted by Gasteiger charge is -2.37. The van der Waals surface area contributed by atoms with Crippen LogP contribution < -0.4 is 5.32 Å². The second kappa shape index (κ2) is 5.21. The molecule has 1 aliphatic rings. The Balaban J connectivity index is 1.97. The first-order valence-corrected chi connectivity index (χ1v) is 5.97. The molecule has 0 aliphatic heterocycles. The van der Waals surface area contributed by atoms with Crippen LogP contribution in [0, 0.1) is 5.41 Å². The molecule has 0 unspecified atom stereocenters. The van der Waals surface area contributed by atoms with Gasteiger partial charge in [0.1, 0.15) is 5.82 Å². The first-order chi connectivity index (χ1) is 9.07. The number of aliphatic carboxylic acids is 1. The van der Waals surface area contributed by atoms with E-state index in [-0.39, 0.29) is 5.69 Å². The van der Waals surface area contributed by atoms with Crippen molar-refractivity contribution in [1.82, 2.24) is 10.2 Å². The summed E-state index contributed by atoms with van der Waals surface area (Å²) in [7, 11) is 1.27. The lowest BCUT2D eigenvalue weighted by Crippen LogP contribution is -2.43. The van der Waals surface area contributed by atoms with Gasteiger partial charge in [0, 0.05) is 6.54 Å². The SMILES string of the molecule is COC(=O)c1ccc(NCC2(C(=O)O)CCC2)nn1. The van der Waals surface area contributed by atoms with Gasteiger partial charge in [-0.2, -0.15) is 0 Å². The summed E-state index contributed by atoms with van der Waals surface area (Å²) in [6.07, 6.45) is 2.27. The number of nitrogens with zero attached hydrogens (tertiary/aromatic N) is 2. The Morgan fingerprint density at radius 3 is 2.58 bits per heavy atom. The third-order valence-electron chi connectivity index (χ3n) is 3.43. The van der Waals surface area contributed by atoms with E-state index in [1.807, 2.05) is 0 Å². The lowest BCUT2D eigenvalue weighted by atomic mass is 9.69. The lowest BCUT2D eigenvalue weighted by molar-refractivity contribution is -0.153. The van der Waals surface area contributed by atoms with Gasteiger partial charge in [-0.3, -0.25) is 4.79 Å². The number of hydrogen-bond acceptors (Lipinski definition) is 6. The fourth-order valence-corrected chi connectivity index (χ4v) is 1.97. The second-order valence-electron chi connectivity index (χ2n) is 4.59. The first-order valence-electron chi connectivity index (χ1n) is 5.97. The van der Waals surface area contributed by atoms with Gasteiger partial charge >= 0.3 is 11.9 Å². The maximum absolute atomic E-state index is 11.2. The average Bonchev–Trinajstić information content (AvgIpc) is 2.37. The highest BCUT2D eigenvalue weighted by molar-refractivity contribution is 5.87. The van der Waals surface area contributed by atoms with Crippen molar-refractivity contribution in [2.75, 3.05) is 19.0 Å². The molecule has 1 fully saturated rings. The van der Waals surface area contributed by atoms with Crippen LogP contribution in [0.25, 0.3) is 0 Å². The molecule has 1 saturated carbocycles. The number of methoxy groups -OCH3 is 1. The van der Waals surface area contributed by atoms with Crippen LogP contribution in [0.15, 0.2) is 12.1 Å². The van der Waals surface area contributed by atoms with E-state index in [0.717, 1.165) is 6.42 Å². The predicted octanol–water partition coefficient (Wildman–Crippen LogP) is 0.930. The normalized spacial score (nSPS) is 16.3. The summed E-state index contributed by atoms with van der Waals surface area (Å²) in [4.78, 5) is 22.3. The zero-order valence-corrected chi connectivity index (χ0v) is 10.5. The van der Waals surface area contributed by atoms with Gasteiger partial charge in [0.15, 0.2) is 5.69 Å². The van der Waals surface area contributed by atoms with Gasteiger partial charge in [-0.15, -0.1) is 10.2 Å². The Morgan fingerprint density at radius 1 is 1.42 bits per heavy atom. The Kier molecular flexibility index (Phi) is 3.64. The molecule has 0 radical (unpaired) electrons. The van der Waals surface area contributed by atoms with Gasteiger partial charge < -0.3 is 15.2 Å². The van der Waals surface area contributed by atoms with E-state index >= 15 is 0 Å². The van der Waals surface area contributed by atoms with Crippen molar-refractivity contribution in [3.8, 4) is 0 Å². The Bertz CT molecular complexity index is 482. The number of esters is 1. The minimum absolute atomic E-state index is 0.115. The van der Waals surface area contributed by atoms with Gasteiger partial charge in [-0.05, 0) is 25.0 Å². The molecule has 0 spiro atoms. The average molecular weight is 265 g/mol. The molecule has 0 bridgehead atoms. The molecule has 1 aromatic rings. The van der Waals surface area contributed by atoms with Crippen LogP contribution >= 0.6 is 0 Å². The number of ether oxygens (including phenoxy) is 1. The van der Waals surface area contributed by atoms with Crippen LogP contribution in [-0.4, -0.2) is 40.9 Å². The molecule has 0 saturated heterocycles. The molecule has 1 aliphatic carbocycles. The molecular weight excluding hydrogens is 250 g/mol. The number of carbonyl (C=O) groups excluding carboxylic acids is 1. The third-order valence-corrected chi connectivity index (χ3v) is 3.43. The molecule has 102 valence electrons. The van der Waals surface area contributed by atoms with E-state index in [9.17, 15) is 14.7 Å². The maximum atomic E-state index is 11.2. The third kappa shape index (κ3) is 2.64. The van der Waals surface area contributed by atoms with Crippen LogP contribution in [0.1, 0.15) is 29.8 Å². The molecule has 7 nitrogen and oxygen atoms in total. The quantitative estimate of drug-likeness (QED) is 0.763. The molecular formula is C12H15N3O4. The summed E-state index contributed by atoms with van der Waals surface area (Å²) in [5, 5.41) is 19.6. The molecule has 7 heteroatoms. The number of anilines is 1. The van der Waals surface area contributed by atoms with E-state index in [0.29, 0.717) is 25.2 Å². The van der Waals surface area contributed by atoms with Gasteiger partial charge in [-0.25, -0.2) is 4.79 Å². The second-order valence-corrected chi connectivity index (χ2v) is 4.59. The number of hydrogen-bond donors (Lipinski definition) is 2. The van der Waals surface area contributed by atoms with Crippen molar-refractivity contribution in [3.63, 3.8) is 0 Å². The molecule has 0 atom stereocenters. The van der Waals surface area contributed by atoms with Crippen LogP contribution in [0.2, 0.25) is 0 Å². The number of rotatable bonds is 5. The van der Waals surface area contributed by atoms with Crippen molar-refractivity contribution in [2.45, 2.75) is 19.3 Å². The first kappa shape index (κ1) is 13.3. The topological polar surface area (TPSA) is 101 Å². The summed E-state index contributed by atoms with van der Waals surface area (Å²) >= 11 is 0. The molecule has 19 heavy (non-hydrogen) atoms. The van der Waals surface area contributed by atoms with Crippen molar-refractivity contribution in [2.24, 2.45) is 5.41 Å². The summed E-state index contributed by atoms with van der Waals surface area (Å²) in [6, 6.07) is 3.06. The zero-order valence-electron chi connectivity index (χ0n) is 10.5. The number of carboxylic acids is 1. The highest BCUT2D eigenvalue weighted by atomic mass is 16.5. The molecule has 1 heterocycles. The van der Waals surface area contributed by atoms with Crippen LogP contribution in [0.3, 0.4) is 0 Å². The van der Waals surface area contributed by atoms with Crippen molar-refractivity contribution >= 4 is 17.8 Å². The fraction of sp³-hybridized carbons (Fsp3) is 0.500. The fourth-order valence-electron chi connectivity index (χ4n) is 1.97. The Hall–Kier alpha value is -2.18. The molecule has 0 aromatic carbocycles.